The van der Waals surface area contributed by atoms with Crippen LogP contribution in [0.1, 0.15) is 41.8 Å². The number of thiazole rings is 1. The van der Waals surface area contributed by atoms with Gasteiger partial charge in [-0.2, -0.15) is 0 Å². The van der Waals surface area contributed by atoms with Crippen molar-refractivity contribution in [3.05, 3.63) is 4.88 Å². The van der Waals surface area contributed by atoms with Crippen LogP contribution in [0.4, 0.5) is 10.9 Å². The van der Waals surface area contributed by atoms with Crippen LogP contribution < -0.4 is 10.6 Å². The number of nitrogens with two attached hydrogens (primary N) is 1. The van der Waals surface area contributed by atoms with Gasteiger partial charge in [0.25, 0.3) is 5.91 Å². The van der Waals surface area contributed by atoms with E-state index in [1.54, 1.807) is 0 Å². The Balaban J connectivity index is 1.82. The minimum atomic E-state index is 0.0856. The van der Waals surface area contributed by atoms with Gasteiger partial charge in [0.2, 0.25) is 0 Å². The maximum atomic E-state index is 12.8. The second-order valence-corrected chi connectivity index (χ2v) is 6.98. The van der Waals surface area contributed by atoms with Crippen molar-refractivity contribution in [1.82, 2.24) is 9.88 Å². The van der Waals surface area contributed by atoms with Crippen LogP contribution in [0.15, 0.2) is 0 Å². The van der Waals surface area contributed by atoms with Crippen molar-refractivity contribution in [2.24, 2.45) is 5.92 Å². The van der Waals surface area contributed by atoms with Crippen molar-refractivity contribution in [2.45, 2.75) is 38.1 Å². The van der Waals surface area contributed by atoms with Crippen LogP contribution in [0, 0.1) is 5.92 Å². The van der Waals surface area contributed by atoms with Gasteiger partial charge in [-0.1, -0.05) is 24.2 Å². The number of amides is 1. The SMILES string of the molecule is CN(C)c1nc(N)c(C(=O)N2CCC3CCCCC32)s1. The maximum absolute atomic E-state index is 12.8. The Bertz CT molecular complexity index is 513. The third-order valence-electron chi connectivity index (χ3n) is 4.49. The van der Waals surface area contributed by atoms with E-state index in [1.807, 2.05) is 23.9 Å². The number of anilines is 2. The molecular weight excluding hydrogens is 272 g/mol. The Morgan fingerprint density at radius 3 is 2.80 bits per heavy atom. The van der Waals surface area contributed by atoms with Crippen LogP contribution in [0.2, 0.25) is 0 Å². The largest absolute Gasteiger partial charge is 0.382 e. The molecule has 2 atom stereocenters. The molecule has 0 radical (unpaired) electrons. The summed E-state index contributed by atoms with van der Waals surface area (Å²) >= 11 is 1.40. The van der Waals surface area contributed by atoms with E-state index in [2.05, 4.69) is 4.98 Å². The average Bonchev–Trinajstić information content (AvgIpc) is 3.01. The van der Waals surface area contributed by atoms with Gasteiger partial charge in [0.05, 0.1) is 0 Å². The summed E-state index contributed by atoms with van der Waals surface area (Å²) in [6.45, 7) is 0.878. The van der Waals surface area contributed by atoms with Gasteiger partial charge in [-0.15, -0.1) is 0 Å². The van der Waals surface area contributed by atoms with E-state index in [0.29, 0.717) is 22.7 Å². The van der Waals surface area contributed by atoms with E-state index in [-0.39, 0.29) is 5.91 Å². The molecule has 2 heterocycles. The molecule has 5 nitrogen and oxygen atoms in total. The van der Waals surface area contributed by atoms with Crippen molar-refractivity contribution in [2.75, 3.05) is 31.3 Å². The van der Waals surface area contributed by atoms with Crippen LogP contribution in [0.5, 0.6) is 0 Å². The molecule has 1 aliphatic heterocycles. The molecule has 0 spiro atoms. The Kier molecular flexibility index (Phi) is 3.58. The number of nitrogens with zero attached hydrogens (tertiary/aromatic N) is 3. The standard InChI is InChI=1S/C14H22N4OS/c1-17(2)14-16-12(15)11(20-14)13(19)18-8-7-9-5-3-4-6-10(9)18/h9-10H,3-8,15H2,1-2H3. The lowest BCUT2D eigenvalue weighted by molar-refractivity contribution is 0.0696. The number of carbonyl (C=O) groups is 1. The van der Waals surface area contributed by atoms with Gasteiger partial charge >= 0.3 is 0 Å². The van der Waals surface area contributed by atoms with Crippen molar-refractivity contribution in [3.8, 4) is 0 Å². The second kappa shape index (κ2) is 5.24. The van der Waals surface area contributed by atoms with E-state index >= 15 is 0 Å². The predicted molar refractivity (Wildman–Crippen MR) is 82.3 cm³/mol. The summed E-state index contributed by atoms with van der Waals surface area (Å²) in [6.07, 6.45) is 6.13. The highest BCUT2D eigenvalue weighted by atomic mass is 32.1. The highest BCUT2D eigenvalue weighted by Gasteiger charge is 2.39. The zero-order valence-electron chi connectivity index (χ0n) is 12.1. The van der Waals surface area contributed by atoms with Crippen molar-refractivity contribution < 1.29 is 4.79 Å². The van der Waals surface area contributed by atoms with Gasteiger partial charge in [0.15, 0.2) is 5.13 Å². The lowest BCUT2D eigenvalue weighted by atomic mass is 9.85. The number of aromatic nitrogens is 1. The van der Waals surface area contributed by atoms with Crippen molar-refractivity contribution in [1.29, 1.82) is 0 Å². The van der Waals surface area contributed by atoms with Gasteiger partial charge in [-0.05, 0) is 25.2 Å². The Labute approximate surface area is 123 Å². The molecule has 1 amide bonds. The van der Waals surface area contributed by atoms with Gasteiger partial charge in [-0.3, -0.25) is 4.79 Å². The molecule has 110 valence electrons. The fraction of sp³-hybridized carbons (Fsp3) is 0.714. The zero-order valence-corrected chi connectivity index (χ0v) is 12.9. The molecule has 1 saturated carbocycles. The predicted octanol–water partition coefficient (Wildman–Crippen LogP) is 2.20. The smallest absolute Gasteiger partial charge is 0.268 e. The normalized spacial score (nSPS) is 25.6. The first kappa shape index (κ1) is 13.7. The van der Waals surface area contributed by atoms with E-state index in [9.17, 15) is 4.79 Å². The van der Waals surface area contributed by atoms with Crippen LogP contribution in [0.3, 0.4) is 0 Å². The highest BCUT2D eigenvalue weighted by Crippen LogP contribution is 2.38. The first-order valence-electron chi connectivity index (χ1n) is 7.32. The van der Waals surface area contributed by atoms with Crippen molar-refractivity contribution in [3.63, 3.8) is 0 Å². The molecule has 1 aliphatic carbocycles. The first-order chi connectivity index (χ1) is 9.58. The molecule has 2 fully saturated rings. The minimum Gasteiger partial charge on any atom is -0.382 e. The quantitative estimate of drug-likeness (QED) is 0.908. The van der Waals surface area contributed by atoms with E-state index in [1.165, 1.54) is 30.6 Å². The van der Waals surface area contributed by atoms with Gasteiger partial charge in [0, 0.05) is 26.7 Å². The molecule has 2 unspecified atom stereocenters. The van der Waals surface area contributed by atoms with E-state index in [0.717, 1.165) is 24.5 Å². The number of likely N-dealkylation sites (tertiary alicyclic amines) is 1. The Morgan fingerprint density at radius 1 is 1.35 bits per heavy atom. The summed E-state index contributed by atoms with van der Waals surface area (Å²) < 4.78 is 0. The van der Waals surface area contributed by atoms with Gasteiger partial charge < -0.3 is 15.5 Å². The monoisotopic (exact) mass is 294 g/mol. The van der Waals surface area contributed by atoms with Gasteiger partial charge in [0.1, 0.15) is 10.7 Å². The molecule has 1 aromatic heterocycles. The molecule has 0 bridgehead atoms. The molecule has 0 aromatic carbocycles. The topological polar surface area (TPSA) is 62.5 Å². The van der Waals surface area contributed by atoms with E-state index in [4.69, 9.17) is 5.73 Å². The summed E-state index contributed by atoms with van der Waals surface area (Å²) in [5.41, 5.74) is 5.94. The zero-order chi connectivity index (χ0) is 14.3. The Morgan fingerprint density at radius 2 is 2.10 bits per heavy atom. The summed E-state index contributed by atoms with van der Waals surface area (Å²) in [5.74, 6) is 1.17. The molecule has 2 aliphatic rings. The average molecular weight is 294 g/mol. The van der Waals surface area contributed by atoms with E-state index < -0.39 is 0 Å². The number of nitrogen functional groups attached to an aromatic ring is 1. The van der Waals surface area contributed by atoms with Crippen LogP contribution in [-0.2, 0) is 0 Å². The van der Waals surface area contributed by atoms with Crippen LogP contribution in [-0.4, -0.2) is 42.5 Å². The number of hydrogen-bond donors (Lipinski definition) is 1. The maximum Gasteiger partial charge on any atom is 0.268 e. The molecule has 20 heavy (non-hydrogen) atoms. The molecule has 2 N–H and O–H groups in total. The lowest BCUT2D eigenvalue weighted by Crippen LogP contribution is -2.39. The van der Waals surface area contributed by atoms with Crippen molar-refractivity contribution >= 4 is 28.2 Å². The summed E-state index contributed by atoms with van der Waals surface area (Å²) in [7, 11) is 3.83. The number of hydrogen-bond acceptors (Lipinski definition) is 5. The molecule has 1 saturated heterocycles. The number of fused-ring (bicyclic) bond motifs is 1. The fourth-order valence-corrected chi connectivity index (χ4v) is 4.32. The summed E-state index contributed by atoms with van der Waals surface area (Å²) in [4.78, 5) is 21.6. The summed E-state index contributed by atoms with van der Waals surface area (Å²) in [5, 5.41) is 0.797. The van der Waals surface area contributed by atoms with Gasteiger partial charge in [-0.25, -0.2) is 4.98 Å². The minimum absolute atomic E-state index is 0.0856. The molecular formula is C14H22N4OS. The Hall–Kier alpha value is -1.30. The molecule has 1 aromatic rings. The third-order valence-corrected chi connectivity index (χ3v) is 5.72. The number of carbonyl (C=O) groups excluding carboxylic acids is 1. The highest BCUT2D eigenvalue weighted by molar-refractivity contribution is 7.18. The fourth-order valence-electron chi connectivity index (χ4n) is 3.45. The molecule has 3 rings (SSSR count). The third kappa shape index (κ3) is 2.26. The van der Waals surface area contributed by atoms with Crippen LogP contribution >= 0.6 is 11.3 Å². The lowest BCUT2D eigenvalue weighted by Gasteiger charge is -2.31. The summed E-state index contributed by atoms with van der Waals surface area (Å²) in [6, 6.07) is 0.431. The molecule has 6 heteroatoms. The first-order valence-corrected chi connectivity index (χ1v) is 8.14. The van der Waals surface area contributed by atoms with Crippen LogP contribution in [0.25, 0.3) is 0 Å². The second-order valence-electron chi connectivity index (χ2n) is 6.00. The number of rotatable bonds is 2.